The lowest BCUT2D eigenvalue weighted by Gasteiger charge is -2.36. The molecule has 14 heavy (non-hydrogen) atoms. The van der Waals surface area contributed by atoms with Crippen molar-refractivity contribution in [2.75, 3.05) is 23.3 Å². The third-order valence-corrected chi connectivity index (χ3v) is 3.00. The molecule has 1 aliphatic heterocycles. The van der Waals surface area contributed by atoms with Gasteiger partial charge < -0.3 is 10.2 Å². The van der Waals surface area contributed by atoms with Gasteiger partial charge in [0.25, 0.3) is 0 Å². The Kier molecular flexibility index (Phi) is 2.62. The fourth-order valence-electron chi connectivity index (χ4n) is 1.98. The Balaban J connectivity index is 2.30. The lowest BCUT2D eigenvalue weighted by molar-refractivity contribution is 0.616. The molecule has 0 saturated carbocycles. The van der Waals surface area contributed by atoms with Gasteiger partial charge in [-0.3, -0.25) is 0 Å². The van der Waals surface area contributed by atoms with Crippen molar-refractivity contribution in [2.24, 2.45) is 0 Å². The van der Waals surface area contributed by atoms with Crippen molar-refractivity contribution < 1.29 is 0 Å². The number of anilines is 2. The van der Waals surface area contributed by atoms with Gasteiger partial charge in [-0.2, -0.15) is 0 Å². The number of nitrogens with zero attached hydrogens (tertiary/aromatic N) is 1. The van der Waals surface area contributed by atoms with Crippen LogP contribution in [0.1, 0.15) is 20.3 Å². The molecule has 2 rings (SSSR count). The molecule has 76 valence electrons. The summed E-state index contributed by atoms with van der Waals surface area (Å²) in [6.07, 6.45) is 1.20. The zero-order valence-electron chi connectivity index (χ0n) is 8.96. The molecule has 1 heterocycles. The largest absolute Gasteiger partial charge is 0.382 e. The molecule has 0 bridgehead atoms. The van der Waals surface area contributed by atoms with Crippen LogP contribution >= 0.6 is 0 Å². The SMILES string of the molecule is CCC(C)N1CCNc2ccccc21. The van der Waals surface area contributed by atoms with E-state index >= 15 is 0 Å². The maximum absolute atomic E-state index is 3.43. The van der Waals surface area contributed by atoms with Gasteiger partial charge in [0.05, 0.1) is 11.4 Å². The third kappa shape index (κ3) is 1.57. The summed E-state index contributed by atoms with van der Waals surface area (Å²) in [7, 11) is 0. The number of fused-ring (bicyclic) bond motifs is 1. The minimum atomic E-state index is 0.637. The van der Waals surface area contributed by atoms with E-state index in [1.54, 1.807) is 0 Å². The van der Waals surface area contributed by atoms with Crippen LogP contribution in [-0.2, 0) is 0 Å². The number of nitrogens with one attached hydrogen (secondary N) is 1. The number of rotatable bonds is 2. The summed E-state index contributed by atoms with van der Waals surface area (Å²) in [5, 5.41) is 3.43. The van der Waals surface area contributed by atoms with E-state index in [0.29, 0.717) is 6.04 Å². The summed E-state index contributed by atoms with van der Waals surface area (Å²) in [6, 6.07) is 9.20. The van der Waals surface area contributed by atoms with Gasteiger partial charge in [0.1, 0.15) is 0 Å². The lowest BCUT2D eigenvalue weighted by Crippen LogP contribution is -2.39. The minimum Gasteiger partial charge on any atom is -0.382 e. The van der Waals surface area contributed by atoms with Crippen molar-refractivity contribution in [1.82, 2.24) is 0 Å². The van der Waals surface area contributed by atoms with Crippen LogP contribution in [0.2, 0.25) is 0 Å². The third-order valence-electron chi connectivity index (χ3n) is 3.00. The molecule has 2 nitrogen and oxygen atoms in total. The van der Waals surface area contributed by atoms with Crippen molar-refractivity contribution in [3.8, 4) is 0 Å². The lowest BCUT2D eigenvalue weighted by atomic mass is 10.1. The van der Waals surface area contributed by atoms with Crippen LogP contribution in [-0.4, -0.2) is 19.1 Å². The van der Waals surface area contributed by atoms with Gasteiger partial charge in [-0.1, -0.05) is 19.1 Å². The summed E-state index contributed by atoms with van der Waals surface area (Å²) in [5.74, 6) is 0. The first-order chi connectivity index (χ1) is 6.83. The maximum Gasteiger partial charge on any atom is 0.0605 e. The molecule has 1 aliphatic rings. The summed E-state index contributed by atoms with van der Waals surface area (Å²) in [5.41, 5.74) is 2.63. The Bertz CT molecular complexity index is 309. The Labute approximate surface area is 85.9 Å². The van der Waals surface area contributed by atoms with Crippen LogP contribution in [0.25, 0.3) is 0 Å². The zero-order valence-corrected chi connectivity index (χ0v) is 8.96. The topological polar surface area (TPSA) is 15.3 Å². The fraction of sp³-hybridized carbons (Fsp3) is 0.500. The van der Waals surface area contributed by atoms with Crippen LogP contribution in [0.5, 0.6) is 0 Å². The summed E-state index contributed by atoms with van der Waals surface area (Å²) in [4.78, 5) is 2.49. The van der Waals surface area contributed by atoms with E-state index in [1.165, 1.54) is 17.8 Å². The van der Waals surface area contributed by atoms with E-state index < -0.39 is 0 Å². The normalized spacial score (nSPS) is 17.1. The van der Waals surface area contributed by atoms with Gasteiger partial charge in [-0.15, -0.1) is 0 Å². The summed E-state index contributed by atoms with van der Waals surface area (Å²) >= 11 is 0. The van der Waals surface area contributed by atoms with Crippen LogP contribution in [0.4, 0.5) is 11.4 Å². The molecule has 1 aromatic carbocycles. The second-order valence-electron chi connectivity index (χ2n) is 3.89. The zero-order chi connectivity index (χ0) is 9.97. The van der Waals surface area contributed by atoms with Crippen molar-refractivity contribution >= 4 is 11.4 Å². The fourth-order valence-corrected chi connectivity index (χ4v) is 1.98. The summed E-state index contributed by atoms with van der Waals surface area (Å²) < 4.78 is 0. The van der Waals surface area contributed by atoms with Crippen LogP contribution < -0.4 is 10.2 Å². The highest BCUT2D eigenvalue weighted by Crippen LogP contribution is 2.30. The predicted molar refractivity (Wildman–Crippen MR) is 62.0 cm³/mol. The summed E-state index contributed by atoms with van der Waals surface area (Å²) in [6.45, 7) is 6.71. The van der Waals surface area contributed by atoms with Gasteiger partial charge in [0.2, 0.25) is 0 Å². The van der Waals surface area contributed by atoms with Gasteiger partial charge in [0, 0.05) is 19.1 Å². The monoisotopic (exact) mass is 190 g/mol. The Morgan fingerprint density at radius 2 is 2.21 bits per heavy atom. The highest BCUT2D eigenvalue weighted by molar-refractivity contribution is 5.72. The van der Waals surface area contributed by atoms with E-state index in [9.17, 15) is 0 Å². The van der Waals surface area contributed by atoms with Gasteiger partial charge in [-0.05, 0) is 25.5 Å². The Hall–Kier alpha value is -1.18. The number of para-hydroxylation sites is 2. The molecule has 0 amide bonds. The molecule has 1 atom stereocenters. The Morgan fingerprint density at radius 1 is 1.43 bits per heavy atom. The number of hydrogen-bond donors (Lipinski definition) is 1. The van der Waals surface area contributed by atoms with Gasteiger partial charge in [-0.25, -0.2) is 0 Å². The molecule has 0 radical (unpaired) electrons. The average molecular weight is 190 g/mol. The number of benzene rings is 1. The smallest absolute Gasteiger partial charge is 0.0605 e. The van der Waals surface area contributed by atoms with Crippen LogP contribution in [0, 0.1) is 0 Å². The molecule has 0 aromatic heterocycles. The second kappa shape index (κ2) is 3.91. The maximum atomic E-state index is 3.43. The molecule has 1 unspecified atom stereocenters. The van der Waals surface area contributed by atoms with Gasteiger partial charge in [0.15, 0.2) is 0 Å². The molecule has 1 N–H and O–H groups in total. The first-order valence-corrected chi connectivity index (χ1v) is 5.42. The van der Waals surface area contributed by atoms with Crippen LogP contribution in [0.15, 0.2) is 24.3 Å². The molecule has 0 fully saturated rings. The average Bonchev–Trinajstić information content (AvgIpc) is 2.27. The van der Waals surface area contributed by atoms with Crippen molar-refractivity contribution in [2.45, 2.75) is 26.3 Å². The highest BCUT2D eigenvalue weighted by Gasteiger charge is 2.18. The number of hydrogen-bond acceptors (Lipinski definition) is 2. The first kappa shape index (κ1) is 9.38. The second-order valence-corrected chi connectivity index (χ2v) is 3.89. The molecule has 0 spiro atoms. The van der Waals surface area contributed by atoms with Crippen molar-refractivity contribution in [3.63, 3.8) is 0 Å². The van der Waals surface area contributed by atoms with E-state index in [1.807, 2.05) is 0 Å². The highest BCUT2D eigenvalue weighted by atomic mass is 15.2. The minimum absolute atomic E-state index is 0.637. The molecular weight excluding hydrogens is 172 g/mol. The van der Waals surface area contributed by atoms with E-state index in [-0.39, 0.29) is 0 Å². The standard InChI is InChI=1S/C12H18N2/c1-3-10(2)14-9-8-13-11-6-4-5-7-12(11)14/h4-7,10,13H,3,8-9H2,1-2H3. The van der Waals surface area contributed by atoms with E-state index in [4.69, 9.17) is 0 Å². The first-order valence-electron chi connectivity index (χ1n) is 5.42. The molecule has 1 aromatic rings. The van der Waals surface area contributed by atoms with Gasteiger partial charge >= 0.3 is 0 Å². The predicted octanol–water partition coefficient (Wildman–Crippen LogP) is 2.72. The van der Waals surface area contributed by atoms with E-state index in [0.717, 1.165) is 13.1 Å². The molecular formula is C12H18N2. The molecule has 2 heteroatoms. The van der Waals surface area contributed by atoms with Crippen molar-refractivity contribution in [1.29, 1.82) is 0 Å². The van der Waals surface area contributed by atoms with Crippen molar-refractivity contribution in [3.05, 3.63) is 24.3 Å². The molecule has 0 aliphatic carbocycles. The molecule has 0 saturated heterocycles. The van der Waals surface area contributed by atoms with E-state index in [2.05, 4.69) is 48.3 Å². The Morgan fingerprint density at radius 3 is 3.00 bits per heavy atom. The van der Waals surface area contributed by atoms with Crippen LogP contribution in [0.3, 0.4) is 0 Å². The quantitative estimate of drug-likeness (QED) is 0.771.